The van der Waals surface area contributed by atoms with Crippen LogP contribution in [0.15, 0.2) is 60.7 Å². The summed E-state index contributed by atoms with van der Waals surface area (Å²) in [6.07, 6.45) is 0. The SMILES string of the molecule is [SiH3]c1ccccc1Oc1ccc2ccccc2n1. The summed E-state index contributed by atoms with van der Waals surface area (Å²) in [5.74, 6) is 1.56. The number of aromatic nitrogens is 1. The summed E-state index contributed by atoms with van der Waals surface area (Å²) in [5.41, 5.74) is 0.959. The van der Waals surface area contributed by atoms with E-state index in [4.69, 9.17) is 4.74 Å². The van der Waals surface area contributed by atoms with E-state index < -0.39 is 0 Å². The molecule has 0 aliphatic heterocycles. The molecule has 0 fully saturated rings. The van der Waals surface area contributed by atoms with Crippen LogP contribution in [-0.4, -0.2) is 15.2 Å². The molecule has 0 bridgehead atoms. The summed E-state index contributed by atoms with van der Waals surface area (Å²) in [4.78, 5) is 4.50. The molecule has 18 heavy (non-hydrogen) atoms. The molecule has 0 aliphatic carbocycles. The first-order valence-electron chi connectivity index (χ1n) is 5.92. The molecule has 1 aromatic heterocycles. The quantitative estimate of drug-likeness (QED) is 0.650. The van der Waals surface area contributed by atoms with Crippen LogP contribution in [-0.2, 0) is 0 Å². The van der Waals surface area contributed by atoms with Crippen molar-refractivity contribution in [3.8, 4) is 11.6 Å². The Kier molecular flexibility index (Phi) is 2.82. The van der Waals surface area contributed by atoms with Crippen molar-refractivity contribution in [1.82, 2.24) is 4.98 Å². The van der Waals surface area contributed by atoms with Crippen LogP contribution in [0, 0.1) is 0 Å². The van der Waals surface area contributed by atoms with Crippen LogP contribution >= 0.6 is 0 Å². The standard InChI is InChI=1S/C15H13NOSi/c18-14-8-4-3-7-13(14)17-15-10-9-11-5-1-2-6-12(11)16-15/h1-10H,18H3. The molecule has 0 unspecified atom stereocenters. The Morgan fingerprint density at radius 3 is 2.50 bits per heavy atom. The third-order valence-corrected chi connectivity index (χ3v) is 3.71. The van der Waals surface area contributed by atoms with Gasteiger partial charge in [0.2, 0.25) is 5.88 Å². The molecule has 88 valence electrons. The lowest BCUT2D eigenvalue weighted by atomic mass is 10.2. The third kappa shape index (κ3) is 2.13. The molecule has 0 amide bonds. The molecule has 0 spiro atoms. The van der Waals surface area contributed by atoms with Gasteiger partial charge >= 0.3 is 0 Å². The Balaban J connectivity index is 1.98. The zero-order valence-corrected chi connectivity index (χ0v) is 12.1. The smallest absolute Gasteiger partial charge is 0.219 e. The second-order valence-electron chi connectivity index (χ2n) is 4.21. The lowest BCUT2D eigenvalue weighted by molar-refractivity contribution is 0.469. The van der Waals surface area contributed by atoms with Gasteiger partial charge in [0.15, 0.2) is 0 Å². The van der Waals surface area contributed by atoms with Gasteiger partial charge in [-0.15, -0.1) is 0 Å². The topological polar surface area (TPSA) is 22.1 Å². The maximum absolute atomic E-state index is 5.84. The lowest BCUT2D eigenvalue weighted by Gasteiger charge is -2.08. The number of benzene rings is 2. The summed E-state index contributed by atoms with van der Waals surface area (Å²) in [5, 5.41) is 2.37. The average Bonchev–Trinajstić information content (AvgIpc) is 2.41. The zero-order chi connectivity index (χ0) is 12.4. The highest BCUT2D eigenvalue weighted by molar-refractivity contribution is 6.34. The van der Waals surface area contributed by atoms with E-state index in [9.17, 15) is 0 Å². The molecule has 3 aromatic rings. The van der Waals surface area contributed by atoms with Gasteiger partial charge in [0.25, 0.3) is 0 Å². The molecule has 0 saturated carbocycles. The van der Waals surface area contributed by atoms with Crippen LogP contribution in [0.25, 0.3) is 10.9 Å². The van der Waals surface area contributed by atoms with Crippen LogP contribution in [0.5, 0.6) is 11.6 Å². The zero-order valence-electron chi connectivity index (χ0n) is 10.1. The second kappa shape index (κ2) is 4.62. The molecule has 0 aliphatic rings. The molecule has 3 heteroatoms. The molecular formula is C15H13NOSi. The first-order chi connectivity index (χ1) is 8.83. The normalized spacial score (nSPS) is 10.7. The van der Waals surface area contributed by atoms with Gasteiger partial charge in [-0.25, -0.2) is 4.98 Å². The van der Waals surface area contributed by atoms with Crippen LogP contribution < -0.4 is 9.92 Å². The van der Waals surface area contributed by atoms with Gasteiger partial charge in [-0.2, -0.15) is 0 Å². The van der Waals surface area contributed by atoms with E-state index >= 15 is 0 Å². The third-order valence-electron chi connectivity index (χ3n) is 2.88. The summed E-state index contributed by atoms with van der Waals surface area (Å²) < 4.78 is 5.84. The number of ether oxygens (including phenoxy) is 1. The molecule has 3 rings (SSSR count). The lowest BCUT2D eigenvalue weighted by Crippen LogP contribution is -2.05. The minimum absolute atomic E-state index is 0.650. The van der Waals surface area contributed by atoms with Gasteiger partial charge in [-0.1, -0.05) is 36.4 Å². The molecule has 0 radical (unpaired) electrons. The van der Waals surface area contributed by atoms with Gasteiger partial charge in [0, 0.05) is 21.7 Å². The maximum atomic E-state index is 5.84. The van der Waals surface area contributed by atoms with Crippen LogP contribution in [0.4, 0.5) is 0 Å². The molecular weight excluding hydrogens is 238 g/mol. The number of fused-ring (bicyclic) bond motifs is 1. The number of para-hydroxylation sites is 2. The van der Waals surface area contributed by atoms with Crippen molar-refractivity contribution in [3.05, 3.63) is 60.7 Å². The number of pyridine rings is 1. The van der Waals surface area contributed by atoms with Crippen molar-refractivity contribution in [3.63, 3.8) is 0 Å². The maximum Gasteiger partial charge on any atom is 0.219 e. The van der Waals surface area contributed by atoms with E-state index in [0.29, 0.717) is 5.88 Å². The average molecular weight is 251 g/mol. The van der Waals surface area contributed by atoms with Crippen molar-refractivity contribution in [2.75, 3.05) is 0 Å². The Hall–Kier alpha value is -2.13. The monoisotopic (exact) mass is 251 g/mol. The highest BCUT2D eigenvalue weighted by Crippen LogP contribution is 2.20. The van der Waals surface area contributed by atoms with E-state index in [1.165, 1.54) is 5.19 Å². The largest absolute Gasteiger partial charge is 0.439 e. The van der Waals surface area contributed by atoms with Crippen molar-refractivity contribution >= 4 is 26.3 Å². The van der Waals surface area contributed by atoms with Gasteiger partial charge in [0.1, 0.15) is 5.75 Å². The van der Waals surface area contributed by atoms with Gasteiger partial charge in [-0.05, 0) is 23.4 Å². The predicted octanol–water partition coefficient (Wildman–Crippen LogP) is 2.02. The fourth-order valence-corrected chi connectivity index (χ4v) is 2.35. The van der Waals surface area contributed by atoms with Crippen molar-refractivity contribution in [1.29, 1.82) is 0 Å². The molecule has 0 saturated heterocycles. The summed E-state index contributed by atoms with van der Waals surface area (Å²) in [7, 11) is 0.968. The van der Waals surface area contributed by atoms with E-state index in [2.05, 4.69) is 11.1 Å². The Bertz CT molecular complexity index is 697. The summed E-state index contributed by atoms with van der Waals surface area (Å²) >= 11 is 0. The van der Waals surface area contributed by atoms with Gasteiger partial charge < -0.3 is 4.74 Å². The van der Waals surface area contributed by atoms with Gasteiger partial charge in [-0.3, -0.25) is 0 Å². The number of nitrogens with zero attached hydrogens (tertiary/aromatic N) is 1. The first-order valence-corrected chi connectivity index (χ1v) is 6.92. The van der Waals surface area contributed by atoms with E-state index in [1.54, 1.807) is 0 Å². The number of hydrogen-bond acceptors (Lipinski definition) is 2. The Labute approximate surface area is 109 Å². The second-order valence-corrected chi connectivity index (χ2v) is 5.29. The Morgan fingerprint density at radius 1 is 0.833 bits per heavy atom. The summed E-state index contributed by atoms with van der Waals surface area (Å²) in [6.45, 7) is 0. The van der Waals surface area contributed by atoms with Crippen LogP contribution in [0.1, 0.15) is 0 Å². The Morgan fingerprint density at radius 2 is 1.61 bits per heavy atom. The number of rotatable bonds is 2. The molecule has 2 nitrogen and oxygen atoms in total. The van der Waals surface area contributed by atoms with Crippen LogP contribution in [0.2, 0.25) is 0 Å². The predicted molar refractivity (Wildman–Crippen MR) is 77.8 cm³/mol. The molecule has 2 aromatic carbocycles. The minimum atomic E-state index is 0.650. The molecule has 1 heterocycles. The fourth-order valence-electron chi connectivity index (χ4n) is 1.89. The first kappa shape index (κ1) is 11.0. The van der Waals surface area contributed by atoms with Crippen LogP contribution in [0.3, 0.4) is 0 Å². The van der Waals surface area contributed by atoms with Crippen molar-refractivity contribution in [2.45, 2.75) is 0 Å². The highest BCUT2D eigenvalue weighted by Gasteiger charge is 2.02. The minimum Gasteiger partial charge on any atom is -0.439 e. The van der Waals surface area contributed by atoms with E-state index in [0.717, 1.165) is 26.9 Å². The van der Waals surface area contributed by atoms with Crippen molar-refractivity contribution in [2.24, 2.45) is 0 Å². The van der Waals surface area contributed by atoms with Gasteiger partial charge in [0.05, 0.1) is 5.52 Å². The molecule has 0 atom stereocenters. The molecule has 0 N–H and O–H groups in total. The van der Waals surface area contributed by atoms with Crippen molar-refractivity contribution < 1.29 is 4.74 Å². The number of hydrogen-bond donors (Lipinski definition) is 0. The highest BCUT2D eigenvalue weighted by atomic mass is 28.1. The fraction of sp³-hybridized carbons (Fsp3) is 0. The van der Waals surface area contributed by atoms with E-state index in [-0.39, 0.29) is 0 Å². The summed E-state index contributed by atoms with van der Waals surface area (Å²) in [6, 6.07) is 20.1. The van der Waals surface area contributed by atoms with E-state index in [1.807, 2.05) is 54.6 Å².